The standard InChI is InChI=1S/C39H28N8O12S3/c40-35-33-22(20-32(62(57,58)59)37(38(33)49)47-43-24-5-2-1-3-6-24)19-31(61(54,55)56)36(35)46-44-25-11-9-21(10-12-25)39(50)41-23-13-15-26(16-14-23)42-45-28-17-18-29(48)27-7-4-8-30(34(27)28)60(51,52)53/h1-20,42-43H,40H2,(H,41,50)(H,51,52,53)(H,54,55,56)(H,57,58,59)/b45-28-,46-44?,47-37+. The summed E-state index contributed by atoms with van der Waals surface area (Å²) in [6.07, 6.45) is 3.28. The summed E-state index contributed by atoms with van der Waals surface area (Å²) in [4.78, 5) is 27.8. The molecule has 0 aliphatic heterocycles. The Morgan fingerprint density at radius 1 is 0.629 bits per heavy atom. The zero-order valence-corrected chi connectivity index (χ0v) is 33.6. The van der Waals surface area contributed by atoms with Gasteiger partial charge in [-0.2, -0.15) is 40.6 Å². The first-order valence-corrected chi connectivity index (χ1v) is 21.8. The van der Waals surface area contributed by atoms with Crippen molar-refractivity contribution in [3.05, 3.63) is 148 Å². The van der Waals surface area contributed by atoms with Crippen LogP contribution in [0.25, 0.3) is 6.08 Å². The molecule has 0 radical (unpaired) electrons. The summed E-state index contributed by atoms with van der Waals surface area (Å²) in [7, 11) is -14.9. The fourth-order valence-electron chi connectivity index (χ4n) is 6.07. The van der Waals surface area contributed by atoms with Gasteiger partial charge in [0, 0.05) is 16.7 Å². The van der Waals surface area contributed by atoms with Gasteiger partial charge in [-0.1, -0.05) is 30.3 Å². The lowest BCUT2D eigenvalue weighted by atomic mass is 9.92. The summed E-state index contributed by atoms with van der Waals surface area (Å²) in [5, 5.41) is 26.7. The highest BCUT2D eigenvalue weighted by Gasteiger charge is 2.37. The molecule has 0 fully saturated rings. The molecule has 0 saturated heterocycles. The Labute approximate surface area is 351 Å². The van der Waals surface area contributed by atoms with E-state index in [1.807, 2.05) is 0 Å². The van der Waals surface area contributed by atoms with Crippen molar-refractivity contribution in [3.8, 4) is 0 Å². The lowest BCUT2D eigenvalue weighted by Gasteiger charge is -2.20. The maximum absolute atomic E-state index is 13.7. The number of azo groups is 1. The highest BCUT2D eigenvalue weighted by atomic mass is 32.2. The van der Waals surface area contributed by atoms with Crippen LogP contribution in [-0.2, 0) is 30.4 Å². The van der Waals surface area contributed by atoms with E-state index in [4.69, 9.17) is 5.73 Å². The molecule has 0 heterocycles. The number of hydrogen-bond donors (Lipinski definition) is 7. The van der Waals surface area contributed by atoms with Gasteiger partial charge in [0.1, 0.15) is 20.4 Å². The number of fused-ring (bicyclic) bond motifs is 2. The summed E-state index contributed by atoms with van der Waals surface area (Å²) in [5.41, 5.74) is 10.0. The monoisotopic (exact) mass is 896 g/mol. The summed E-state index contributed by atoms with van der Waals surface area (Å²) in [6.45, 7) is 0. The predicted molar refractivity (Wildman–Crippen MR) is 228 cm³/mol. The van der Waals surface area contributed by atoms with Gasteiger partial charge in [0.05, 0.1) is 39.7 Å². The van der Waals surface area contributed by atoms with Gasteiger partial charge in [-0.25, -0.2) is 4.99 Å². The highest BCUT2D eigenvalue weighted by Crippen LogP contribution is 2.41. The quantitative estimate of drug-likeness (QED) is 0.0192. The number of anilines is 3. The lowest BCUT2D eigenvalue weighted by molar-refractivity contribution is 0.104. The molecule has 0 spiro atoms. The fraction of sp³-hybridized carbons (Fsp3) is 0. The summed E-state index contributed by atoms with van der Waals surface area (Å²) >= 11 is 0. The number of nitrogens with one attached hydrogen (secondary N) is 2. The Bertz CT molecular complexity index is 3240. The van der Waals surface area contributed by atoms with Gasteiger partial charge in [0.2, 0.25) is 11.7 Å². The number of aliphatic hydroxyl groups is 1. The second kappa shape index (κ2) is 16.5. The molecule has 0 unspecified atom stereocenters. The van der Waals surface area contributed by atoms with Crippen molar-refractivity contribution in [1.82, 2.24) is 0 Å². The number of hydrazone groups is 2. The van der Waals surface area contributed by atoms with Gasteiger partial charge in [-0.3, -0.25) is 34.1 Å². The number of aliphatic imine (C=N–C) groups is 1. The largest absolute Gasteiger partial charge is 0.493 e. The van der Waals surface area contributed by atoms with Gasteiger partial charge in [0.25, 0.3) is 30.4 Å². The summed E-state index contributed by atoms with van der Waals surface area (Å²) in [6, 6.07) is 24.4. The van der Waals surface area contributed by atoms with Crippen LogP contribution in [0.5, 0.6) is 0 Å². The van der Waals surface area contributed by atoms with Crippen molar-refractivity contribution in [2.24, 2.45) is 25.4 Å². The number of nitrogens with zero attached hydrogens (tertiary/aromatic N) is 5. The van der Waals surface area contributed by atoms with E-state index >= 15 is 0 Å². The molecular formula is C39H28N8O12S3. The van der Waals surface area contributed by atoms with Crippen molar-refractivity contribution in [1.29, 1.82) is 0 Å². The molecule has 0 saturated carbocycles. The second-order valence-corrected chi connectivity index (χ2v) is 17.2. The molecule has 7 rings (SSSR count). The molecule has 0 amide bonds. The molecule has 0 bridgehead atoms. The molecule has 8 N–H and O–H groups in total. The van der Waals surface area contributed by atoms with E-state index in [2.05, 4.69) is 36.3 Å². The number of allylic oxidation sites excluding steroid dienone is 3. The van der Waals surface area contributed by atoms with Gasteiger partial charge in [0.15, 0.2) is 11.5 Å². The van der Waals surface area contributed by atoms with Crippen LogP contribution in [0.4, 0.5) is 34.1 Å². The van der Waals surface area contributed by atoms with Gasteiger partial charge in [-0.15, -0.1) is 5.11 Å². The van der Waals surface area contributed by atoms with Crippen molar-refractivity contribution in [3.63, 3.8) is 0 Å². The Morgan fingerprint density at radius 2 is 1.26 bits per heavy atom. The van der Waals surface area contributed by atoms with Gasteiger partial charge < -0.3 is 10.8 Å². The molecule has 23 heteroatoms. The maximum atomic E-state index is 13.7. The molecule has 20 nitrogen and oxygen atoms in total. The molecule has 62 heavy (non-hydrogen) atoms. The minimum absolute atomic E-state index is 0.0411. The van der Waals surface area contributed by atoms with E-state index in [9.17, 15) is 53.6 Å². The number of benzene rings is 5. The normalized spacial score (nSPS) is 15.7. The first-order valence-electron chi connectivity index (χ1n) is 17.4. The third-order valence-corrected chi connectivity index (χ3v) is 11.6. The van der Waals surface area contributed by atoms with Crippen molar-refractivity contribution in [2.75, 3.05) is 16.6 Å². The van der Waals surface area contributed by atoms with Crippen LogP contribution < -0.4 is 16.6 Å². The molecule has 5 aromatic carbocycles. The number of para-hydroxylation sites is 1. The van der Waals surface area contributed by atoms with Crippen LogP contribution in [0.3, 0.4) is 0 Å². The number of hydrogen-bond acceptors (Lipinski definition) is 16. The number of carbonyl (C=O) groups is 2. The van der Waals surface area contributed by atoms with Crippen LogP contribution in [-0.4, -0.2) is 72.9 Å². The zero-order chi connectivity index (χ0) is 44.6. The topological polar surface area (TPSA) is 329 Å². The maximum Gasteiger partial charge on any atom is 0.296 e. The minimum atomic E-state index is -5.13. The number of ketones is 2. The smallest absolute Gasteiger partial charge is 0.296 e. The number of aliphatic hydroxyl groups excluding tert-OH is 1. The van der Waals surface area contributed by atoms with Crippen molar-refractivity contribution in [2.45, 2.75) is 9.79 Å². The van der Waals surface area contributed by atoms with Crippen molar-refractivity contribution < 1.29 is 53.6 Å². The number of rotatable bonds is 11. The Hall–Kier alpha value is -7.54. The second-order valence-electron chi connectivity index (χ2n) is 13.0. The third kappa shape index (κ3) is 8.97. The third-order valence-electron chi connectivity index (χ3n) is 8.94. The Kier molecular flexibility index (Phi) is 11.3. The molecule has 0 aromatic heterocycles. The molecular weight excluding hydrogens is 869 g/mol. The predicted octanol–water partition coefficient (Wildman–Crippen LogP) is 6.28. The number of nitrogens with two attached hydrogens (primary N) is 1. The number of Topliss-reactive ketones (excluding diaryl/α,β-unsaturated/α-hetero) is 1. The Morgan fingerprint density at radius 3 is 1.90 bits per heavy atom. The van der Waals surface area contributed by atoms with E-state index in [0.29, 0.717) is 17.1 Å². The fourth-order valence-corrected chi connectivity index (χ4v) is 8.13. The minimum Gasteiger partial charge on any atom is -0.493 e. The van der Waals surface area contributed by atoms with Crippen LogP contribution in [0.2, 0.25) is 0 Å². The summed E-state index contributed by atoms with van der Waals surface area (Å²) in [5.74, 6) is -2.02. The average molecular weight is 897 g/mol. The van der Waals surface area contributed by atoms with Gasteiger partial charge in [-0.05, 0) is 96.6 Å². The van der Waals surface area contributed by atoms with Crippen LogP contribution in [0, 0.1) is 0 Å². The molecule has 314 valence electrons. The molecule has 2 aliphatic rings. The number of nitrogen functional groups attached to an aromatic ring is 1. The van der Waals surface area contributed by atoms with E-state index in [1.54, 1.807) is 42.5 Å². The van der Waals surface area contributed by atoms with Gasteiger partial charge >= 0.3 is 0 Å². The van der Waals surface area contributed by atoms with Crippen LogP contribution in [0.15, 0.2) is 155 Å². The first-order chi connectivity index (χ1) is 29.3. The SMILES string of the molecule is Nc1c(N=Nc2ccc(C(O)=Nc3ccc(N/N=C4/C=CC(=O)c5cccc(S(=O)(=O)O)c54)cc3)cc2)c(S(=O)(=O)O)cc2c1C(=O)/C(=N/Nc1ccccc1)C(S(=O)(=O)O)=C2. The first kappa shape index (κ1) is 42.6. The van der Waals surface area contributed by atoms with Crippen LogP contribution in [0.1, 0.15) is 37.4 Å². The average Bonchev–Trinajstić information content (AvgIpc) is 3.22. The van der Waals surface area contributed by atoms with Crippen molar-refractivity contribution >= 4 is 99.4 Å². The van der Waals surface area contributed by atoms with Crippen LogP contribution >= 0.6 is 0 Å². The number of carbonyl (C=O) groups excluding carboxylic acids is 2. The Balaban J connectivity index is 1.11. The zero-order valence-electron chi connectivity index (χ0n) is 31.1. The lowest BCUT2D eigenvalue weighted by Crippen LogP contribution is -2.28. The van der Waals surface area contributed by atoms with E-state index in [1.165, 1.54) is 60.7 Å². The van der Waals surface area contributed by atoms with E-state index < -0.39 is 85.2 Å². The molecule has 5 aromatic rings. The molecule has 2 aliphatic carbocycles. The molecule has 0 atom stereocenters. The summed E-state index contributed by atoms with van der Waals surface area (Å²) < 4.78 is 103. The van der Waals surface area contributed by atoms with E-state index in [-0.39, 0.29) is 33.7 Å². The van der Waals surface area contributed by atoms with E-state index in [0.717, 1.165) is 18.2 Å². The highest BCUT2D eigenvalue weighted by molar-refractivity contribution is 7.91.